The van der Waals surface area contributed by atoms with Crippen LogP contribution in [0.1, 0.15) is 32.4 Å². The summed E-state index contributed by atoms with van der Waals surface area (Å²) in [4.78, 5) is 8.18. The Bertz CT molecular complexity index is 316. The first-order valence-electron chi connectivity index (χ1n) is 5.70. The quantitative estimate of drug-likeness (QED) is 0.719. The smallest absolute Gasteiger partial charge is 0.216 e. The number of methoxy groups -OCH3 is 1. The van der Waals surface area contributed by atoms with Crippen molar-refractivity contribution in [3.8, 4) is 5.88 Å². The topological polar surface area (TPSA) is 35.0 Å². The molecule has 0 aromatic carbocycles. The highest BCUT2D eigenvalue weighted by Gasteiger charge is 2.17. The molecule has 0 saturated carbocycles. The summed E-state index contributed by atoms with van der Waals surface area (Å²) in [6.07, 6.45) is 4.50. The van der Waals surface area contributed by atoms with Gasteiger partial charge in [0.1, 0.15) is 6.33 Å². The summed E-state index contributed by atoms with van der Waals surface area (Å²) < 4.78 is 5.06. The predicted molar refractivity (Wildman–Crippen MR) is 66.0 cm³/mol. The Morgan fingerprint density at radius 2 is 2.00 bits per heavy atom. The van der Waals surface area contributed by atoms with E-state index in [0.29, 0.717) is 11.8 Å². The van der Waals surface area contributed by atoms with Crippen LogP contribution in [-0.4, -0.2) is 22.5 Å². The van der Waals surface area contributed by atoms with Gasteiger partial charge in [-0.2, -0.15) is 0 Å². The average Bonchev–Trinajstić information content (AvgIpc) is 2.31. The van der Waals surface area contributed by atoms with Crippen molar-refractivity contribution in [2.75, 3.05) is 7.11 Å². The van der Waals surface area contributed by atoms with Gasteiger partial charge < -0.3 is 4.74 Å². The normalized spacial score (nSPS) is 12.8. The lowest BCUT2D eigenvalue weighted by atomic mass is 9.96. The molecule has 1 aromatic heterocycles. The minimum Gasteiger partial charge on any atom is -0.481 e. The Labute approximate surface area is 102 Å². The van der Waals surface area contributed by atoms with Crippen molar-refractivity contribution >= 4 is 11.6 Å². The number of aromatic nitrogens is 2. The van der Waals surface area contributed by atoms with Crippen LogP contribution < -0.4 is 4.74 Å². The number of rotatable bonds is 6. The Balaban J connectivity index is 2.64. The summed E-state index contributed by atoms with van der Waals surface area (Å²) in [7, 11) is 1.60. The van der Waals surface area contributed by atoms with Crippen LogP contribution in [0.4, 0.5) is 0 Å². The minimum atomic E-state index is 0.134. The van der Waals surface area contributed by atoms with E-state index >= 15 is 0 Å². The highest BCUT2D eigenvalue weighted by atomic mass is 35.5. The van der Waals surface area contributed by atoms with E-state index in [1.807, 2.05) is 6.07 Å². The second-order valence-electron chi connectivity index (χ2n) is 3.85. The SMILES string of the molecule is CCC(CC)C(Cl)Cc1cc(OC)ncn1. The molecule has 1 rings (SSSR count). The fourth-order valence-corrected chi connectivity index (χ4v) is 2.28. The van der Waals surface area contributed by atoms with E-state index in [-0.39, 0.29) is 5.38 Å². The summed E-state index contributed by atoms with van der Waals surface area (Å²) in [6, 6.07) is 1.84. The zero-order chi connectivity index (χ0) is 12.0. The molecule has 0 fully saturated rings. The Morgan fingerprint density at radius 1 is 1.31 bits per heavy atom. The van der Waals surface area contributed by atoms with Crippen molar-refractivity contribution in [1.82, 2.24) is 9.97 Å². The zero-order valence-corrected chi connectivity index (χ0v) is 10.9. The molecular formula is C12H19ClN2O. The van der Waals surface area contributed by atoms with Gasteiger partial charge in [-0.05, 0) is 5.92 Å². The standard InChI is InChI=1S/C12H19ClN2O/c1-4-9(5-2)11(13)6-10-7-12(16-3)15-8-14-10/h7-9,11H,4-6H2,1-3H3. The van der Waals surface area contributed by atoms with E-state index < -0.39 is 0 Å². The highest BCUT2D eigenvalue weighted by Crippen LogP contribution is 2.22. The molecule has 1 atom stereocenters. The van der Waals surface area contributed by atoms with Gasteiger partial charge in [0.05, 0.1) is 7.11 Å². The maximum absolute atomic E-state index is 6.38. The third-order valence-electron chi connectivity index (χ3n) is 2.87. The monoisotopic (exact) mass is 242 g/mol. The van der Waals surface area contributed by atoms with Crippen LogP contribution in [0, 0.1) is 5.92 Å². The summed E-state index contributed by atoms with van der Waals surface area (Å²) in [6.45, 7) is 4.34. The molecule has 16 heavy (non-hydrogen) atoms. The highest BCUT2D eigenvalue weighted by molar-refractivity contribution is 6.20. The van der Waals surface area contributed by atoms with Gasteiger partial charge in [0.25, 0.3) is 0 Å². The molecule has 0 N–H and O–H groups in total. The molecule has 4 heteroatoms. The van der Waals surface area contributed by atoms with Crippen LogP contribution in [0.2, 0.25) is 0 Å². The van der Waals surface area contributed by atoms with Gasteiger partial charge in [0.2, 0.25) is 5.88 Å². The lowest BCUT2D eigenvalue weighted by Gasteiger charge is -2.18. The second-order valence-corrected chi connectivity index (χ2v) is 4.41. The van der Waals surface area contributed by atoms with Gasteiger partial charge >= 0.3 is 0 Å². The largest absolute Gasteiger partial charge is 0.481 e. The maximum Gasteiger partial charge on any atom is 0.216 e. The Hall–Kier alpha value is -0.830. The van der Waals surface area contributed by atoms with Gasteiger partial charge in [0, 0.05) is 23.6 Å². The summed E-state index contributed by atoms with van der Waals surface area (Å²) in [5.41, 5.74) is 0.943. The third-order valence-corrected chi connectivity index (χ3v) is 3.38. The average molecular weight is 243 g/mol. The number of hydrogen-bond acceptors (Lipinski definition) is 3. The van der Waals surface area contributed by atoms with E-state index in [1.165, 1.54) is 6.33 Å². The van der Waals surface area contributed by atoms with Gasteiger partial charge in [0.15, 0.2) is 0 Å². The van der Waals surface area contributed by atoms with Crippen molar-refractivity contribution < 1.29 is 4.74 Å². The molecule has 1 unspecified atom stereocenters. The molecule has 90 valence electrons. The van der Waals surface area contributed by atoms with Crippen molar-refractivity contribution in [3.63, 3.8) is 0 Å². The molecule has 0 bridgehead atoms. The number of alkyl halides is 1. The van der Waals surface area contributed by atoms with Gasteiger partial charge in [-0.25, -0.2) is 9.97 Å². The third kappa shape index (κ3) is 3.63. The molecule has 0 spiro atoms. The summed E-state index contributed by atoms with van der Waals surface area (Å²) >= 11 is 6.38. The number of hydrogen-bond donors (Lipinski definition) is 0. The van der Waals surface area contributed by atoms with E-state index in [9.17, 15) is 0 Å². The van der Waals surface area contributed by atoms with Crippen LogP contribution in [0.15, 0.2) is 12.4 Å². The van der Waals surface area contributed by atoms with Crippen molar-refractivity contribution in [3.05, 3.63) is 18.1 Å². The first-order chi connectivity index (χ1) is 7.71. The molecule has 0 amide bonds. The number of ether oxygens (including phenoxy) is 1. The van der Waals surface area contributed by atoms with Crippen molar-refractivity contribution in [2.45, 2.75) is 38.5 Å². The van der Waals surface area contributed by atoms with Crippen LogP contribution in [0.5, 0.6) is 5.88 Å². The van der Waals surface area contributed by atoms with Gasteiger partial charge in [-0.3, -0.25) is 0 Å². The summed E-state index contributed by atoms with van der Waals surface area (Å²) in [5.74, 6) is 1.14. The summed E-state index contributed by atoms with van der Waals surface area (Å²) in [5, 5.41) is 0.134. The fraction of sp³-hybridized carbons (Fsp3) is 0.667. The molecule has 3 nitrogen and oxygen atoms in total. The molecule has 0 aliphatic heterocycles. The van der Waals surface area contributed by atoms with E-state index in [1.54, 1.807) is 7.11 Å². The first-order valence-corrected chi connectivity index (χ1v) is 6.13. The predicted octanol–water partition coefficient (Wildman–Crippen LogP) is 3.07. The van der Waals surface area contributed by atoms with Gasteiger partial charge in [-0.15, -0.1) is 11.6 Å². The van der Waals surface area contributed by atoms with E-state index in [0.717, 1.165) is 25.0 Å². The Kier molecular flexibility index (Phi) is 5.53. The van der Waals surface area contributed by atoms with Crippen molar-refractivity contribution in [2.24, 2.45) is 5.92 Å². The van der Waals surface area contributed by atoms with Crippen LogP contribution >= 0.6 is 11.6 Å². The van der Waals surface area contributed by atoms with Crippen LogP contribution in [0.25, 0.3) is 0 Å². The lowest BCUT2D eigenvalue weighted by molar-refractivity contribution is 0.395. The number of halogens is 1. The van der Waals surface area contributed by atoms with Gasteiger partial charge in [-0.1, -0.05) is 26.7 Å². The molecule has 1 heterocycles. The van der Waals surface area contributed by atoms with E-state index in [2.05, 4.69) is 23.8 Å². The molecular weight excluding hydrogens is 224 g/mol. The van der Waals surface area contributed by atoms with Crippen LogP contribution in [0.3, 0.4) is 0 Å². The van der Waals surface area contributed by atoms with Crippen molar-refractivity contribution in [1.29, 1.82) is 0 Å². The maximum atomic E-state index is 6.38. The molecule has 0 saturated heterocycles. The minimum absolute atomic E-state index is 0.134. The second kappa shape index (κ2) is 6.69. The number of nitrogens with zero attached hydrogens (tertiary/aromatic N) is 2. The molecule has 0 aliphatic carbocycles. The first kappa shape index (κ1) is 13.2. The molecule has 1 aromatic rings. The lowest BCUT2D eigenvalue weighted by Crippen LogP contribution is -2.16. The fourth-order valence-electron chi connectivity index (χ4n) is 1.77. The zero-order valence-electron chi connectivity index (χ0n) is 10.1. The van der Waals surface area contributed by atoms with Crippen LogP contribution in [-0.2, 0) is 6.42 Å². The van der Waals surface area contributed by atoms with E-state index in [4.69, 9.17) is 16.3 Å². The molecule has 0 aliphatic rings. The molecule has 0 radical (unpaired) electrons. The Morgan fingerprint density at radius 3 is 2.56 bits per heavy atom.